The fourth-order valence-electron chi connectivity index (χ4n) is 2.07. The van der Waals surface area contributed by atoms with Gasteiger partial charge in [0.15, 0.2) is 0 Å². The van der Waals surface area contributed by atoms with Crippen molar-refractivity contribution in [1.82, 2.24) is 10.2 Å². The molecule has 94 valence electrons. The number of thioether (sulfide) groups is 1. The Morgan fingerprint density at radius 3 is 3.00 bits per heavy atom. The molecule has 2 N–H and O–H groups in total. The lowest BCUT2D eigenvalue weighted by atomic mass is 10.1. The summed E-state index contributed by atoms with van der Waals surface area (Å²) >= 11 is 1.56. The summed E-state index contributed by atoms with van der Waals surface area (Å²) in [6.45, 7) is 0.181. The van der Waals surface area contributed by atoms with E-state index in [4.69, 9.17) is 5.11 Å². The van der Waals surface area contributed by atoms with Gasteiger partial charge in [-0.2, -0.15) is 0 Å². The molecule has 0 aromatic heterocycles. The van der Waals surface area contributed by atoms with Gasteiger partial charge in [-0.25, -0.2) is 4.79 Å². The van der Waals surface area contributed by atoms with Gasteiger partial charge >= 0.3 is 12.0 Å². The largest absolute Gasteiger partial charge is 0.481 e. The summed E-state index contributed by atoms with van der Waals surface area (Å²) in [5, 5.41) is 11.1. The molecule has 0 aromatic rings. The third-order valence-corrected chi connectivity index (χ3v) is 4.29. The Labute approximate surface area is 103 Å². The summed E-state index contributed by atoms with van der Waals surface area (Å²) < 4.78 is 0. The number of aliphatic carboxylic acids is 1. The zero-order chi connectivity index (χ0) is 12.4. The molecule has 0 saturated carbocycles. The van der Waals surface area contributed by atoms with Gasteiger partial charge in [0, 0.05) is 13.0 Å². The lowest BCUT2D eigenvalue weighted by molar-refractivity contribution is -0.138. The van der Waals surface area contributed by atoms with E-state index in [9.17, 15) is 14.4 Å². The second-order valence-corrected chi connectivity index (χ2v) is 5.37. The number of imide groups is 1. The van der Waals surface area contributed by atoms with Crippen LogP contribution in [0.2, 0.25) is 0 Å². The Kier molecular flexibility index (Phi) is 3.56. The molecule has 17 heavy (non-hydrogen) atoms. The highest BCUT2D eigenvalue weighted by atomic mass is 32.2. The van der Waals surface area contributed by atoms with E-state index in [0.29, 0.717) is 6.42 Å². The third kappa shape index (κ3) is 2.54. The maximum Gasteiger partial charge on any atom is 0.324 e. The first-order valence-corrected chi connectivity index (χ1v) is 6.60. The first-order valence-electron chi connectivity index (χ1n) is 5.55. The van der Waals surface area contributed by atoms with E-state index < -0.39 is 5.97 Å². The normalized spacial score (nSPS) is 27.9. The molecule has 2 saturated heterocycles. The first kappa shape index (κ1) is 12.2. The number of hydrogen-bond acceptors (Lipinski definition) is 4. The molecule has 2 fully saturated rings. The molecule has 0 aromatic carbocycles. The number of carboxylic acid groups (broad SMARTS) is 1. The lowest BCUT2D eigenvalue weighted by Gasteiger charge is -2.33. The van der Waals surface area contributed by atoms with Gasteiger partial charge in [-0.3, -0.25) is 14.5 Å². The number of hydrogen-bond donors (Lipinski definition) is 2. The van der Waals surface area contributed by atoms with Crippen molar-refractivity contribution in [2.75, 3.05) is 12.3 Å². The number of rotatable bonds is 4. The van der Waals surface area contributed by atoms with E-state index in [1.165, 1.54) is 0 Å². The number of amides is 3. The molecule has 0 spiro atoms. The zero-order valence-electron chi connectivity index (χ0n) is 9.22. The van der Waals surface area contributed by atoms with E-state index in [2.05, 4.69) is 5.32 Å². The van der Waals surface area contributed by atoms with E-state index >= 15 is 0 Å². The molecule has 0 radical (unpaired) electrons. The summed E-state index contributed by atoms with van der Waals surface area (Å²) in [5.41, 5.74) is 0. The van der Waals surface area contributed by atoms with Crippen LogP contribution in [0.5, 0.6) is 0 Å². The maximum atomic E-state index is 12.0. The molecule has 2 heterocycles. The van der Waals surface area contributed by atoms with Gasteiger partial charge in [-0.15, -0.1) is 11.8 Å². The van der Waals surface area contributed by atoms with Crippen molar-refractivity contribution < 1.29 is 19.5 Å². The Bertz CT molecular complexity index is 360. The molecule has 3 amide bonds. The molecule has 2 atom stereocenters. The van der Waals surface area contributed by atoms with Crippen LogP contribution in [0.3, 0.4) is 0 Å². The average molecular weight is 258 g/mol. The highest BCUT2D eigenvalue weighted by molar-refractivity contribution is 8.00. The van der Waals surface area contributed by atoms with Crippen LogP contribution in [0.1, 0.15) is 19.3 Å². The Balaban J connectivity index is 1.94. The Morgan fingerprint density at radius 2 is 2.29 bits per heavy atom. The smallest absolute Gasteiger partial charge is 0.324 e. The molecular formula is C10H14N2O4S. The average Bonchev–Trinajstić information content (AvgIpc) is 2.70. The van der Waals surface area contributed by atoms with Gasteiger partial charge < -0.3 is 10.4 Å². The molecule has 0 bridgehead atoms. The predicted octanol–water partition coefficient (Wildman–Crippen LogP) is 0.277. The van der Waals surface area contributed by atoms with Crippen LogP contribution >= 0.6 is 11.8 Å². The molecule has 2 aliphatic rings. The summed E-state index contributed by atoms with van der Waals surface area (Å²) in [6, 6.07) is -0.431. The van der Waals surface area contributed by atoms with Gasteiger partial charge in [0.1, 0.15) is 5.25 Å². The van der Waals surface area contributed by atoms with E-state index in [1.54, 1.807) is 11.8 Å². The minimum atomic E-state index is -0.914. The SMILES string of the molecule is O=C(O)CCCN1C(=O)NC2CCSC2C1=O. The molecule has 0 aliphatic carbocycles. The van der Waals surface area contributed by atoms with Crippen LogP contribution in [-0.2, 0) is 9.59 Å². The van der Waals surface area contributed by atoms with Crippen molar-refractivity contribution in [1.29, 1.82) is 0 Å². The predicted molar refractivity (Wildman–Crippen MR) is 61.8 cm³/mol. The summed E-state index contributed by atoms with van der Waals surface area (Å²) in [5.74, 6) is -0.209. The van der Waals surface area contributed by atoms with Gasteiger partial charge in [0.2, 0.25) is 5.91 Å². The van der Waals surface area contributed by atoms with Crippen LogP contribution in [0.15, 0.2) is 0 Å². The van der Waals surface area contributed by atoms with Crippen LogP contribution in [0.25, 0.3) is 0 Å². The molecule has 7 heteroatoms. The van der Waals surface area contributed by atoms with Crippen molar-refractivity contribution in [2.45, 2.75) is 30.6 Å². The quantitative estimate of drug-likeness (QED) is 0.756. The van der Waals surface area contributed by atoms with Gasteiger partial charge in [-0.1, -0.05) is 0 Å². The molecule has 6 nitrogen and oxygen atoms in total. The zero-order valence-corrected chi connectivity index (χ0v) is 10.0. The fourth-order valence-corrected chi connectivity index (χ4v) is 3.42. The minimum absolute atomic E-state index is 0.0295. The number of nitrogens with one attached hydrogen (secondary N) is 1. The van der Waals surface area contributed by atoms with Crippen molar-refractivity contribution in [2.24, 2.45) is 0 Å². The number of fused-ring (bicyclic) bond motifs is 1. The number of carboxylic acids is 1. The van der Waals surface area contributed by atoms with Crippen molar-refractivity contribution in [3.05, 3.63) is 0 Å². The van der Waals surface area contributed by atoms with E-state index in [1.807, 2.05) is 0 Å². The molecule has 2 aliphatic heterocycles. The first-order chi connectivity index (χ1) is 8.09. The fraction of sp³-hybridized carbons (Fsp3) is 0.700. The topological polar surface area (TPSA) is 86.7 Å². The number of nitrogens with zero attached hydrogens (tertiary/aromatic N) is 1. The van der Waals surface area contributed by atoms with Gasteiger partial charge in [0.05, 0.1) is 6.04 Å². The third-order valence-electron chi connectivity index (χ3n) is 2.93. The number of carbonyl (C=O) groups excluding carboxylic acids is 2. The molecule has 2 unspecified atom stereocenters. The standard InChI is InChI=1S/C10H14N2O4S/c13-7(14)2-1-4-12-9(15)8-6(3-5-17-8)11-10(12)16/h6,8H,1-5H2,(H,11,16)(H,13,14). The highest BCUT2D eigenvalue weighted by Crippen LogP contribution is 2.31. The summed E-state index contributed by atoms with van der Waals surface area (Å²) in [6.07, 6.45) is 1.10. The van der Waals surface area contributed by atoms with Crippen molar-refractivity contribution in [3.8, 4) is 0 Å². The van der Waals surface area contributed by atoms with Crippen LogP contribution in [0, 0.1) is 0 Å². The van der Waals surface area contributed by atoms with E-state index in [-0.39, 0.29) is 36.2 Å². The summed E-state index contributed by atoms with van der Waals surface area (Å²) in [4.78, 5) is 35.2. The Hall–Kier alpha value is -1.24. The van der Waals surface area contributed by atoms with Crippen LogP contribution in [0.4, 0.5) is 4.79 Å². The number of carbonyl (C=O) groups is 3. The van der Waals surface area contributed by atoms with Gasteiger partial charge in [0.25, 0.3) is 0 Å². The van der Waals surface area contributed by atoms with E-state index in [0.717, 1.165) is 17.1 Å². The monoisotopic (exact) mass is 258 g/mol. The minimum Gasteiger partial charge on any atom is -0.481 e. The summed E-state index contributed by atoms with van der Waals surface area (Å²) in [7, 11) is 0. The van der Waals surface area contributed by atoms with Crippen molar-refractivity contribution >= 4 is 29.7 Å². The lowest BCUT2D eigenvalue weighted by Crippen LogP contribution is -2.60. The van der Waals surface area contributed by atoms with Crippen molar-refractivity contribution in [3.63, 3.8) is 0 Å². The van der Waals surface area contributed by atoms with Gasteiger partial charge in [-0.05, 0) is 18.6 Å². The Morgan fingerprint density at radius 1 is 1.53 bits per heavy atom. The van der Waals surface area contributed by atoms with Crippen LogP contribution < -0.4 is 5.32 Å². The second kappa shape index (κ2) is 4.95. The maximum absolute atomic E-state index is 12.0. The second-order valence-electron chi connectivity index (χ2n) is 4.12. The molecule has 2 rings (SSSR count). The number of urea groups is 1. The van der Waals surface area contributed by atoms with Crippen LogP contribution in [-0.4, -0.2) is 51.5 Å². The highest BCUT2D eigenvalue weighted by Gasteiger charge is 2.43. The molecular weight excluding hydrogens is 244 g/mol.